The van der Waals surface area contributed by atoms with Crippen molar-refractivity contribution in [1.82, 2.24) is 8.61 Å². The van der Waals surface area contributed by atoms with E-state index in [2.05, 4.69) is 5.32 Å². The van der Waals surface area contributed by atoms with Crippen LogP contribution in [0, 0.1) is 0 Å². The molecule has 7 nitrogen and oxygen atoms in total. The molecule has 20 heavy (non-hydrogen) atoms. The van der Waals surface area contributed by atoms with Crippen molar-refractivity contribution in [2.45, 2.75) is 0 Å². The number of benzene rings is 1. The van der Waals surface area contributed by atoms with Gasteiger partial charge in [-0.1, -0.05) is 12.1 Å². The molecule has 0 fully saturated rings. The van der Waals surface area contributed by atoms with E-state index in [1.807, 2.05) is 0 Å². The molecule has 0 aliphatic heterocycles. The van der Waals surface area contributed by atoms with E-state index in [1.165, 1.54) is 28.3 Å². The average molecular weight is 301 g/mol. The molecular weight excluding hydrogens is 282 g/mol. The number of hydrogen-bond acceptors (Lipinski definition) is 4. The Balaban J connectivity index is 2.74. The number of amides is 1. The third-order valence-electron chi connectivity index (χ3n) is 2.60. The Morgan fingerprint density at radius 3 is 2.40 bits per heavy atom. The maximum absolute atomic E-state index is 11.9. The quantitative estimate of drug-likeness (QED) is 0.823. The van der Waals surface area contributed by atoms with Gasteiger partial charge >= 0.3 is 0 Å². The summed E-state index contributed by atoms with van der Waals surface area (Å²) in [5, 5.41) is 2.61. The Morgan fingerprint density at radius 2 is 1.85 bits per heavy atom. The third-order valence-corrected chi connectivity index (χ3v) is 4.44. The van der Waals surface area contributed by atoms with Gasteiger partial charge in [-0.05, 0) is 12.1 Å². The second kappa shape index (κ2) is 6.69. The van der Waals surface area contributed by atoms with Gasteiger partial charge in [0.15, 0.2) is 0 Å². The Kier molecular flexibility index (Phi) is 5.49. The molecule has 0 aliphatic rings. The van der Waals surface area contributed by atoms with E-state index in [4.69, 9.17) is 4.74 Å². The number of ether oxygens (including phenoxy) is 1. The van der Waals surface area contributed by atoms with E-state index in [-0.39, 0.29) is 6.54 Å². The maximum Gasteiger partial charge on any atom is 0.281 e. The number of likely N-dealkylation sites (N-methyl/N-ethyl adjacent to an activating group) is 1. The first-order chi connectivity index (χ1) is 9.28. The number of methoxy groups -OCH3 is 1. The van der Waals surface area contributed by atoms with Crippen molar-refractivity contribution < 1.29 is 17.9 Å². The molecule has 0 saturated carbocycles. The molecule has 1 aromatic rings. The maximum atomic E-state index is 11.9. The van der Waals surface area contributed by atoms with Gasteiger partial charge in [0, 0.05) is 21.1 Å². The zero-order chi connectivity index (χ0) is 15.3. The van der Waals surface area contributed by atoms with Crippen LogP contribution in [0.4, 0.5) is 5.69 Å². The normalized spacial score (nSPS) is 11.7. The summed E-state index contributed by atoms with van der Waals surface area (Å²) in [4.78, 5) is 11.9. The van der Waals surface area contributed by atoms with Crippen molar-refractivity contribution in [1.29, 1.82) is 0 Å². The van der Waals surface area contributed by atoms with Crippen LogP contribution in [0.2, 0.25) is 0 Å². The lowest BCUT2D eigenvalue weighted by molar-refractivity contribution is -0.116. The highest BCUT2D eigenvalue weighted by molar-refractivity contribution is 7.86. The minimum absolute atomic E-state index is 0.279. The second-order valence-corrected chi connectivity index (χ2v) is 6.54. The average Bonchev–Trinajstić information content (AvgIpc) is 2.38. The van der Waals surface area contributed by atoms with Crippen LogP contribution in [0.3, 0.4) is 0 Å². The summed E-state index contributed by atoms with van der Waals surface area (Å²) >= 11 is 0. The molecule has 1 amide bonds. The van der Waals surface area contributed by atoms with Crippen molar-refractivity contribution in [3.8, 4) is 5.75 Å². The van der Waals surface area contributed by atoms with Crippen LogP contribution in [0.5, 0.6) is 5.75 Å². The summed E-state index contributed by atoms with van der Waals surface area (Å²) in [6.07, 6.45) is 0. The van der Waals surface area contributed by atoms with E-state index < -0.39 is 16.1 Å². The number of hydrogen-bond donors (Lipinski definition) is 1. The first-order valence-electron chi connectivity index (χ1n) is 5.85. The van der Waals surface area contributed by atoms with E-state index in [0.29, 0.717) is 11.4 Å². The third kappa shape index (κ3) is 3.92. The van der Waals surface area contributed by atoms with Crippen LogP contribution in [0.25, 0.3) is 0 Å². The number of nitrogens with zero attached hydrogens (tertiary/aromatic N) is 2. The summed E-state index contributed by atoms with van der Waals surface area (Å²) < 4.78 is 30.7. The molecule has 0 aliphatic carbocycles. The van der Waals surface area contributed by atoms with Gasteiger partial charge in [0.2, 0.25) is 5.91 Å². The fraction of sp³-hybridized carbons (Fsp3) is 0.417. The fourth-order valence-corrected chi connectivity index (χ4v) is 2.34. The first kappa shape index (κ1) is 16.4. The molecule has 1 rings (SSSR count). The molecule has 0 saturated heterocycles. The van der Waals surface area contributed by atoms with Gasteiger partial charge in [-0.3, -0.25) is 4.79 Å². The Morgan fingerprint density at radius 1 is 1.25 bits per heavy atom. The molecule has 0 spiro atoms. The van der Waals surface area contributed by atoms with Gasteiger partial charge in [-0.2, -0.15) is 17.0 Å². The van der Waals surface area contributed by atoms with E-state index in [1.54, 1.807) is 24.3 Å². The number of rotatable bonds is 6. The molecule has 0 heterocycles. The standard InChI is InChI=1S/C12H19N3O4S/c1-14(2)20(17,18)15(3)9-12(16)13-10-7-5-6-8-11(10)19-4/h5-8H,9H2,1-4H3,(H,13,16). The Hall–Kier alpha value is -1.64. The number of anilines is 1. The minimum Gasteiger partial charge on any atom is -0.495 e. The van der Waals surface area contributed by atoms with Gasteiger partial charge in [-0.15, -0.1) is 0 Å². The molecule has 1 N–H and O–H groups in total. The van der Waals surface area contributed by atoms with Gasteiger partial charge in [-0.25, -0.2) is 0 Å². The molecule has 8 heteroatoms. The van der Waals surface area contributed by atoms with Crippen molar-refractivity contribution in [2.75, 3.05) is 40.1 Å². The molecule has 0 atom stereocenters. The molecule has 0 aromatic heterocycles. The summed E-state index contributed by atoms with van der Waals surface area (Å²) in [6, 6.07) is 6.91. The Labute approximate surface area is 119 Å². The van der Waals surface area contributed by atoms with E-state index >= 15 is 0 Å². The van der Waals surface area contributed by atoms with Crippen LogP contribution in [0.15, 0.2) is 24.3 Å². The van der Waals surface area contributed by atoms with Crippen LogP contribution in [0.1, 0.15) is 0 Å². The van der Waals surface area contributed by atoms with Crippen LogP contribution >= 0.6 is 0 Å². The highest BCUT2D eigenvalue weighted by Crippen LogP contribution is 2.22. The molecular formula is C12H19N3O4S. The number of carbonyl (C=O) groups is 1. The lowest BCUT2D eigenvalue weighted by atomic mass is 10.3. The van der Waals surface area contributed by atoms with Crippen molar-refractivity contribution in [2.24, 2.45) is 0 Å². The lowest BCUT2D eigenvalue weighted by Crippen LogP contribution is -2.41. The predicted molar refractivity (Wildman–Crippen MR) is 76.9 cm³/mol. The SMILES string of the molecule is COc1ccccc1NC(=O)CN(C)S(=O)(=O)N(C)C. The van der Waals surface area contributed by atoms with E-state index in [0.717, 1.165) is 8.61 Å². The molecule has 0 radical (unpaired) electrons. The zero-order valence-corrected chi connectivity index (χ0v) is 12.8. The number of para-hydroxylation sites is 2. The first-order valence-corrected chi connectivity index (χ1v) is 7.25. The summed E-state index contributed by atoms with van der Waals surface area (Å²) in [6.45, 7) is -0.279. The lowest BCUT2D eigenvalue weighted by Gasteiger charge is -2.21. The Bertz CT molecular complexity index is 572. The summed E-state index contributed by atoms with van der Waals surface area (Å²) in [7, 11) is 2.05. The molecule has 0 unspecified atom stereocenters. The topological polar surface area (TPSA) is 79.0 Å². The number of carbonyl (C=O) groups excluding carboxylic acids is 1. The highest BCUT2D eigenvalue weighted by atomic mass is 32.2. The van der Waals surface area contributed by atoms with Gasteiger partial charge in [0.1, 0.15) is 5.75 Å². The molecule has 112 valence electrons. The van der Waals surface area contributed by atoms with Crippen LogP contribution < -0.4 is 10.1 Å². The van der Waals surface area contributed by atoms with Crippen LogP contribution in [-0.4, -0.2) is 57.7 Å². The zero-order valence-electron chi connectivity index (χ0n) is 12.0. The van der Waals surface area contributed by atoms with Crippen molar-refractivity contribution in [3.63, 3.8) is 0 Å². The summed E-state index contributed by atoms with van der Waals surface area (Å²) in [5.74, 6) is 0.0707. The van der Waals surface area contributed by atoms with Crippen molar-refractivity contribution >= 4 is 21.8 Å². The monoisotopic (exact) mass is 301 g/mol. The van der Waals surface area contributed by atoms with Crippen LogP contribution in [-0.2, 0) is 15.0 Å². The van der Waals surface area contributed by atoms with Crippen molar-refractivity contribution in [3.05, 3.63) is 24.3 Å². The van der Waals surface area contributed by atoms with Gasteiger partial charge < -0.3 is 10.1 Å². The molecule has 1 aromatic carbocycles. The number of nitrogens with one attached hydrogen (secondary N) is 1. The predicted octanol–water partition coefficient (Wildman–Crippen LogP) is 0.372. The van der Waals surface area contributed by atoms with Gasteiger partial charge in [0.05, 0.1) is 19.3 Å². The molecule has 0 bridgehead atoms. The fourth-order valence-electron chi connectivity index (χ4n) is 1.50. The second-order valence-electron chi connectivity index (χ2n) is 4.29. The largest absolute Gasteiger partial charge is 0.495 e. The smallest absolute Gasteiger partial charge is 0.281 e. The minimum atomic E-state index is -3.61. The van der Waals surface area contributed by atoms with Gasteiger partial charge in [0.25, 0.3) is 10.2 Å². The summed E-state index contributed by atoms with van der Waals surface area (Å²) in [5.41, 5.74) is 0.496. The van der Waals surface area contributed by atoms with E-state index in [9.17, 15) is 13.2 Å². The highest BCUT2D eigenvalue weighted by Gasteiger charge is 2.22.